The van der Waals surface area contributed by atoms with Crippen LogP contribution >= 0.6 is 0 Å². The molecule has 1 fully saturated rings. The Hall–Kier alpha value is -2.05. The van der Waals surface area contributed by atoms with E-state index in [0.29, 0.717) is 36.8 Å². The van der Waals surface area contributed by atoms with Gasteiger partial charge in [-0.05, 0) is 49.1 Å². The largest absolute Gasteiger partial charge is 0.496 e. The predicted molar refractivity (Wildman–Crippen MR) is 109 cm³/mol. The molecule has 3 rings (SSSR count). The predicted octanol–water partition coefficient (Wildman–Crippen LogP) is 3.39. The highest BCUT2D eigenvalue weighted by molar-refractivity contribution is 7.89. The fourth-order valence-electron chi connectivity index (χ4n) is 3.58. The summed E-state index contributed by atoms with van der Waals surface area (Å²) < 4.78 is 33.2. The van der Waals surface area contributed by atoms with Crippen LogP contribution in [-0.2, 0) is 16.4 Å². The van der Waals surface area contributed by atoms with Gasteiger partial charge < -0.3 is 9.64 Å². The van der Waals surface area contributed by atoms with Gasteiger partial charge in [-0.15, -0.1) is 0 Å². The number of aryl methyl sites for hydroxylation is 3. The molecular formula is C21H28N2O3S. The number of piperazine rings is 1. The molecule has 2 aromatic carbocycles. The Morgan fingerprint density at radius 3 is 2.15 bits per heavy atom. The van der Waals surface area contributed by atoms with E-state index in [9.17, 15) is 8.42 Å². The molecule has 2 aromatic rings. The first-order chi connectivity index (χ1) is 12.9. The topological polar surface area (TPSA) is 49.9 Å². The lowest BCUT2D eigenvalue weighted by Gasteiger charge is -2.35. The molecule has 6 heteroatoms. The van der Waals surface area contributed by atoms with Gasteiger partial charge in [0.25, 0.3) is 0 Å². The fourth-order valence-corrected chi connectivity index (χ4v) is 5.22. The van der Waals surface area contributed by atoms with Crippen LogP contribution in [0.5, 0.6) is 5.75 Å². The average molecular weight is 389 g/mol. The van der Waals surface area contributed by atoms with E-state index >= 15 is 0 Å². The van der Waals surface area contributed by atoms with Crippen molar-refractivity contribution in [3.8, 4) is 5.75 Å². The van der Waals surface area contributed by atoms with Crippen LogP contribution in [0.1, 0.15) is 23.6 Å². The minimum absolute atomic E-state index is 0.339. The molecule has 0 unspecified atom stereocenters. The molecule has 0 spiro atoms. The molecule has 146 valence electrons. The van der Waals surface area contributed by atoms with Crippen LogP contribution in [0.4, 0.5) is 5.69 Å². The summed E-state index contributed by atoms with van der Waals surface area (Å²) in [5.74, 6) is 0.605. The van der Waals surface area contributed by atoms with Crippen LogP contribution in [0.25, 0.3) is 0 Å². The third kappa shape index (κ3) is 3.96. The molecule has 0 atom stereocenters. The standard InChI is InChI=1S/C21H28N2O3S/c1-5-18-6-8-19(9-7-18)22-10-12-23(13-11-22)27(24,25)21-15-20(26-4)16(2)14-17(21)3/h6-9,14-15H,5,10-13H2,1-4H3. The van der Waals surface area contributed by atoms with Crippen LogP contribution in [0, 0.1) is 13.8 Å². The van der Waals surface area contributed by atoms with Crippen LogP contribution < -0.4 is 9.64 Å². The molecule has 0 radical (unpaired) electrons. The van der Waals surface area contributed by atoms with Crippen molar-refractivity contribution in [2.75, 3.05) is 38.2 Å². The Kier molecular flexibility index (Phi) is 5.77. The molecule has 1 aliphatic rings. The molecule has 27 heavy (non-hydrogen) atoms. The third-order valence-corrected chi connectivity index (χ3v) is 7.30. The number of ether oxygens (including phenoxy) is 1. The van der Waals surface area contributed by atoms with Gasteiger partial charge in [0.1, 0.15) is 5.75 Å². The number of benzene rings is 2. The van der Waals surface area contributed by atoms with Gasteiger partial charge in [-0.25, -0.2) is 8.42 Å². The van der Waals surface area contributed by atoms with Crippen molar-refractivity contribution in [2.24, 2.45) is 0 Å². The monoisotopic (exact) mass is 388 g/mol. The number of rotatable bonds is 5. The highest BCUT2D eigenvalue weighted by Crippen LogP contribution is 2.29. The zero-order valence-corrected chi connectivity index (χ0v) is 17.3. The lowest BCUT2D eigenvalue weighted by molar-refractivity contribution is 0.383. The maximum Gasteiger partial charge on any atom is 0.243 e. The van der Waals surface area contributed by atoms with Gasteiger partial charge in [0.05, 0.1) is 12.0 Å². The first kappa shape index (κ1) is 19.7. The van der Waals surface area contributed by atoms with Crippen molar-refractivity contribution in [1.82, 2.24) is 4.31 Å². The van der Waals surface area contributed by atoms with Gasteiger partial charge in [-0.3, -0.25) is 0 Å². The maximum absolute atomic E-state index is 13.2. The molecule has 1 aliphatic heterocycles. The Morgan fingerprint density at radius 2 is 1.59 bits per heavy atom. The first-order valence-electron chi connectivity index (χ1n) is 9.36. The second-order valence-corrected chi connectivity index (χ2v) is 8.90. The average Bonchev–Trinajstić information content (AvgIpc) is 2.68. The minimum atomic E-state index is -3.53. The summed E-state index contributed by atoms with van der Waals surface area (Å²) in [6.07, 6.45) is 1.02. The Bertz CT molecular complexity index is 900. The fraction of sp³-hybridized carbons (Fsp3) is 0.429. The molecule has 0 aromatic heterocycles. The van der Waals surface area contributed by atoms with E-state index in [1.807, 2.05) is 19.9 Å². The molecule has 0 amide bonds. The number of hydrogen-bond donors (Lipinski definition) is 0. The van der Waals surface area contributed by atoms with E-state index in [0.717, 1.165) is 23.2 Å². The molecule has 1 saturated heterocycles. The maximum atomic E-state index is 13.2. The second-order valence-electron chi connectivity index (χ2n) is 7.00. The Balaban J connectivity index is 1.76. The number of anilines is 1. The minimum Gasteiger partial charge on any atom is -0.496 e. The van der Waals surface area contributed by atoms with Crippen molar-refractivity contribution >= 4 is 15.7 Å². The van der Waals surface area contributed by atoms with Gasteiger partial charge in [0.15, 0.2) is 0 Å². The summed E-state index contributed by atoms with van der Waals surface area (Å²) in [5, 5.41) is 0. The van der Waals surface area contributed by atoms with Crippen molar-refractivity contribution in [1.29, 1.82) is 0 Å². The summed E-state index contributed by atoms with van der Waals surface area (Å²) in [5.41, 5.74) is 4.15. The highest BCUT2D eigenvalue weighted by atomic mass is 32.2. The molecule has 0 N–H and O–H groups in total. The SMILES string of the molecule is CCc1ccc(N2CCN(S(=O)(=O)c3cc(OC)c(C)cc3C)CC2)cc1. The Morgan fingerprint density at radius 1 is 0.963 bits per heavy atom. The number of hydrogen-bond acceptors (Lipinski definition) is 4. The number of methoxy groups -OCH3 is 1. The number of nitrogens with zero attached hydrogens (tertiary/aromatic N) is 2. The van der Waals surface area contributed by atoms with Crippen molar-refractivity contribution in [3.05, 3.63) is 53.1 Å². The number of sulfonamides is 1. The quantitative estimate of drug-likeness (QED) is 0.788. The molecular weight excluding hydrogens is 360 g/mol. The van der Waals surface area contributed by atoms with E-state index in [1.54, 1.807) is 17.5 Å². The van der Waals surface area contributed by atoms with E-state index in [4.69, 9.17) is 4.74 Å². The van der Waals surface area contributed by atoms with E-state index in [2.05, 4.69) is 36.1 Å². The van der Waals surface area contributed by atoms with Crippen molar-refractivity contribution in [2.45, 2.75) is 32.1 Å². The molecule has 0 bridgehead atoms. The van der Waals surface area contributed by atoms with Crippen LogP contribution in [0.3, 0.4) is 0 Å². The van der Waals surface area contributed by atoms with E-state index < -0.39 is 10.0 Å². The van der Waals surface area contributed by atoms with Crippen molar-refractivity contribution in [3.63, 3.8) is 0 Å². The highest BCUT2D eigenvalue weighted by Gasteiger charge is 2.30. The smallest absolute Gasteiger partial charge is 0.243 e. The summed E-state index contributed by atoms with van der Waals surface area (Å²) in [7, 11) is -1.97. The van der Waals surface area contributed by atoms with E-state index in [1.165, 1.54) is 5.56 Å². The second kappa shape index (κ2) is 7.90. The summed E-state index contributed by atoms with van der Waals surface area (Å²) in [6.45, 7) is 8.23. The first-order valence-corrected chi connectivity index (χ1v) is 10.8. The lowest BCUT2D eigenvalue weighted by Crippen LogP contribution is -2.48. The van der Waals surface area contributed by atoms with Crippen LogP contribution in [0.2, 0.25) is 0 Å². The van der Waals surface area contributed by atoms with Crippen LogP contribution in [-0.4, -0.2) is 46.0 Å². The summed E-state index contributed by atoms with van der Waals surface area (Å²) in [6, 6.07) is 12.0. The molecule has 1 heterocycles. The molecule has 5 nitrogen and oxygen atoms in total. The van der Waals surface area contributed by atoms with Gasteiger partial charge in [-0.2, -0.15) is 4.31 Å². The third-order valence-electron chi connectivity index (χ3n) is 5.26. The normalized spacial score (nSPS) is 15.8. The molecule has 0 saturated carbocycles. The molecule has 0 aliphatic carbocycles. The Labute approximate surface area is 162 Å². The van der Waals surface area contributed by atoms with Crippen LogP contribution in [0.15, 0.2) is 41.3 Å². The van der Waals surface area contributed by atoms with Crippen molar-refractivity contribution < 1.29 is 13.2 Å². The van der Waals surface area contributed by atoms with Gasteiger partial charge >= 0.3 is 0 Å². The zero-order valence-electron chi connectivity index (χ0n) is 16.5. The van der Waals surface area contributed by atoms with E-state index in [-0.39, 0.29) is 0 Å². The lowest BCUT2D eigenvalue weighted by atomic mass is 10.1. The zero-order chi connectivity index (χ0) is 19.6. The summed E-state index contributed by atoms with van der Waals surface area (Å²) >= 11 is 0. The van der Waals surface area contributed by atoms with Gasteiger partial charge in [0, 0.05) is 37.9 Å². The summed E-state index contributed by atoms with van der Waals surface area (Å²) in [4.78, 5) is 2.58. The van der Waals surface area contributed by atoms with Gasteiger partial charge in [-0.1, -0.05) is 25.1 Å². The van der Waals surface area contributed by atoms with Gasteiger partial charge in [0.2, 0.25) is 10.0 Å².